The third kappa shape index (κ3) is 6.81. The van der Waals surface area contributed by atoms with E-state index in [9.17, 15) is 14.4 Å². The van der Waals surface area contributed by atoms with Crippen molar-refractivity contribution < 1.29 is 23.9 Å². The lowest BCUT2D eigenvalue weighted by Gasteiger charge is -2.53. The number of methoxy groups -OCH3 is 2. The van der Waals surface area contributed by atoms with Crippen LogP contribution in [0.1, 0.15) is 43.2 Å². The van der Waals surface area contributed by atoms with E-state index in [1.165, 1.54) is 39.0 Å². The number of aldehydes is 1. The number of ether oxygens (including phenoxy) is 2. The van der Waals surface area contributed by atoms with E-state index in [2.05, 4.69) is 50.3 Å². The fourth-order valence-corrected chi connectivity index (χ4v) is 9.22. The van der Waals surface area contributed by atoms with Gasteiger partial charge in [0.15, 0.2) is 0 Å². The van der Waals surface area contributed by atoms with Gasteiger partial charge in [-0.2, -0.15) is 0 Å². The smallest absolute Gasteiger partial charge is 0.336 e. The summed E-state index contributed by atoms with van der Waals surface area (Å²) >= 11 is 13.4. The van der Waals surface area contributed by atoms with Gasteiger partial charge in [-0.25, -0.2) is 9.59 Å². The second-order valence-electron chi connectivity index (χ2n) is 13.3. The van der Waals surface area contributed by atoms with Crippen LogP contribution in [0.2, 0.25) is 10.0 Å². The van der Waals surface area contributed by atoms with Crippen LogP contribution in [0.3, 0.4) is 0 Å². The van der Waals surface area contributed by atoms with E-state index in [4.69, 9.17) is 32.7 Å². The third-order valence-corrected chi connectivity index (χ3v) is 11.3. The van der Waals surface area contributed by atoms with Gasteiger partial charge in [-0.15, -0.1) is 0 Å². The molecule has 6 rings (SSSR count). The summed E-state index contributed by atoms with van der Waals surface area (Å²) in [5.74, 6) is -1.10. The topological polar surface area (TPSA) is 91.4 Å². The first-order valence-electron chi connectivity index (χ1n) is 16.8. The highest BCUT2D eigenvalue weighted by atomic mass is 35.5. The van der Waals surface area contributed by atoms with E-state index in [0.717, 1.165) is 39.0 Å². The zero-order valence-corrected chi connectivity index (χ0v) is 29.3. The van der Waals surface area contributed by atoms with Crippen molar-refractivity contribution in [2.75, 3.05) is 53.5 Å². The number of nitrogens with one attached hydrogen (secondary N) is 1. The molecule has 0 radical (unpaired) electrons. The van der Waals surface area contributed by atoms with Crippen LogP contribution in [0.15, 0.2) is 71.1 Å². The first-order valence-corrected chi connectivity index (χ1v) is 17.5. The molecule has 256 valence electrons. The predicted octanol–water partition coefficient (Wildman–Crippen LogP) is 5.04. The molecule has 1 N–H and O–H groups in total. The fraction of sp³-hybridized carbons (Fsp3) is 0.486. The zero-order valence-electron chi connectivity index (χ0n) is 27.8. The van der Waals surface area contributed by atoms with Gasteiger partial charge in [-0.3, -0.25) is 14.7 Å². The number of benzene rings is 2. The summed E-state index contributed by atoms with van der Waals surface area (Å²) < 4.78 is 10.4. The summed E-state index contributed by atoms with van der Waals surface area (Å²) in [5.41, 5.74) is 2.84. The molecule has 1 saturated carbocycles. The molecule has 3 fully saturated rings. The molecule has 3 aliphatic heterocycles. The number of carbonyl (C=O) groups is 3. The summed E-state index contributed by atoms with van der Waals surface area (Å²) in [6.07, 6.45) is 4.62. The Morgan fingerprint density at radius 3 is 2.08 bits per heavy atom. The lowest BCUT2D eigenvalue weighted by atomic mass is 9.72. The van der Waals surface area contributed by atoms with Crippen molar-refractivity contribution >= 4 is 41.4 Å². The van der Waals surface area contributed by atoms with Crippen molar-refractivity contribution in [1.29, 1.82) is 0 Å². The average Bonchev–Trinajstić information content (AvgIpc) is 3.08. The molecule has 2 saturated heterocycles. The molecule has 2 aromatic rings. The number of allylic oxidation sites excluding steroid dienone is 1. The summed E-state index contributed by atoms with van der Waals surface area (Å²) in [6.45, 7) is 7.87. The lowest BCUT2D eigenvalue weighted by molar-refractivity contribution is -0.137. The van der Waals surface area contributed by atoms with Crippen molar-refractivity contribution in [1.82, 2.24) is 20.0 Å². The van der Waals surface area contributed by atoms with E-state index >= 15 is 0 Å². The standard InChI is InChI=1S/C37H44Cl2N4O5/c1-23-30(36(45)47-2)32(31-27(38)13-8-14-28(31)39)33(37(46)48-3)34(40-23)29(22-44)42-15-17-43(18-16-42)35-25-11-7-12-26(35)21-41(20-25)19-24-9-5-4-6-10-24/h4-6,8-10,13-14,22,25-26,29,32,35,40H,7,11-12,15-21H2,1-3H3. The fourth-order valence-electron chi connectivity index (χ4n) is 8.60. The minimum absolute atomic E-state index is 0.110. The summed E-state index contributed by atoms with van der Waals surface area (Å²) in [5, 5.41) is 3.80. The van der Waals surface area contributed by atoms with E-state index in [-0.39, 0.29) is 21.2 Å². The van der Waals surface area contributed by atoms with Gasteiger partial charge in [0.1, 0.15) is 12.3 Å². The number of piperazine rings is 1. The number of dihydropyridines is 1. The second kappa shape index (κ2) is 15.1. The van der Waals surface area contributed by atoms with Crippen LogP contribution >= 0.6 is 23.2 Å². The van der Waals surface area contributed by atoms with E-state index < -0.39 is 23.9 Å². The van der Waals surface area contributed by atoms with E-state index in [1.807, 2.05) is 0 Å². The number of hydrogen-bond acceptors (Lipinski definition) is 9. The van der Waals surface area contributed by atoms with Crippen LogP contribution in [0.4, 0.5) is 0 Å². The Labute approximate surface area is 292 Å². The minimum atomic E-state index is -1.01. The molecule has 4 unspecified atom stereocenters. The van der Waals surface area contributed by atoms with Crippen molar-refractivity contribution in [3.63, 3.8) is 0 Å². The first kappa shape index (κ1) is 34.6. The number of nitrogens with zero attached hydrogens (tertiary/aromatic N) is 3. The number of hydrogen-bond donors (Lipinski definition) is 1. The van der Waals surface area contributed by atoms with Crippen LogP contribution in [0.25, 0.3) is 0 Å². The van der Waals surface area contributed by atoms with Crippen molar-refractivity contribution in [2.45, 2.75) is 50.7 Å². The Balaban J connectivity index is 1.25. The molecule has 2 aromatic carbocycles. The molecule has 1 aliphatic carbocycles. The first-order chi connectivity index (χ1) is 23.2. The summed E-state index contributed by atoms with van der Waals surface area (Å²) in [6, 6.07) is 15.5. The lowest BCUT2D eigenvalue weighted by Crippen LogP contribution is -2.62. The third-order valence-electron chi connectivity index (χ3n) is 10.6. The molecule has 4 aliphatic rings. The van der Waals surface area contributed by atoms with Crippen LogP contribution in [0, 0.1) is 11.8 Å². The number of rotatable bonds is 9. The molecule has 48 heavy (non-hydrogen) atoms. The maximum absolute atomic E-state index is 13.6. The number of piperidine rings is 1. The minimum Gasteiger partial charge on any atom is -0.466 e. The normalized spacial score (nSPS) is 26.1. The Hall–Kier alpha value is -3.21. The van der Waals surface area contributed by atoms with Crippen LogP contribution < -0.4 is 5.32 Å². The highest BCUT2D eigenvalue weighted by Crippen LogP contribution is 2.46. The summed E-state index contributed by atoms with van der Waals surface area (Å²) in [4.78, 5) is 47.2. The van der Waals surface area contributed by atoms with Crippen LogP contribution in [0.5, 0.6) is 0 Å². The predicted molar refractivity (Wildman–Crippen MR) is 185 cm³/mol. The molecular formula is C37H44Cl2N4O5. The Bertz CT molecular complexity index is 1550. The molecule has 3 heterocycles. The Kier molecular flexibility index (Phi) is 10.9. The quantitative estimate of drug-likeness (QED) is 0.286. The van der Waals surface area contributed by atoms with Gasteiger partial charge < -0.3 is 19.6 Å². The Morgan fingerprint density at radius 1 is 0.896 bits per heavy atom. The average molecular weight is 696 g/mol. The summed E-state index contributed by atoms with van der Waals surface area (Å²) in [7, 11) is 2.55. The molecule has 11 heteroatoms. The molecule has 0 aromatic heterocycles. The maximum Gasteiger partial charge on any atom is 0.336 e. The molecular weight excluding hydrogens is 651 g/mol. The van der Waals surface area contributed by atoms with Gasteiger partial charge in [-0.1, -0.05) is 66.0 Å². The Morgan fingerprint density at radius 2 is 1.50 bits per heavy atom. The largest absolute Gasteiger partial charge is 0.466 e. The van der Waals surface area contributed by atoms with Gasteiger partial charge in [0, 0.05) is 73.2 Å². The van der Waals surface area contributed by atoms with Crippen molar-refractivity contribution in [3.05, 3.63) is 92.2 Å². The van der Waals surface area contributed by atoms with Crippen LogP contribution in [-0.4, -0.2) is 98.5 Å². The van der Waals surface area contributed by atoms with Gasteiger partial charge >= 0.3 is 11.9 Å². The molecule has 2 bridgehead atoms. The van der Waals surface area contributed by atoms with Gasteiger partial charge in [-0.05, 0) is 49.3 Å². The maximum atomic E-state index is 13.6. The number of esters is 2. The van der Waals surface area contributed by atoms with Crippen molar-refractivity contribution in [3.8, 4) is 0 Å². The van der Waals surface area contributed by atoms with E-state index in [0.29, 0.717) is 47.9 Å². The highest BCUT2D eigenvalue weighted by molar-refractivity contribution is 6.36. The van der Waals surface area contributed by atoms with Gasteiger partial charge in [0.2, 0.25) is 0 Å². The number of fused-ring (bicyclic) bond motifs is 2. The molecule has 9 nitrogen and oxygen atoms in total. The number of halogens is 2. The van der Waals surface area contributed by atoms with Crippen LogP contribution in [-0.2, 0) is 30.4 Å². The molecule has 4 atom stereocenters. The van der Waals surface area contributed by atoms with Crippen molar-refractivity contribution in [2.24, 2.45) is 11.8 Å². The molecule has 0 spiro atoms. The zero-order chi connectivity index (χ0) is 33.9. The second-order valence-corrected chi connectivity index (χ2v) is 14.1. The monoisotopic (exact) mass is 694 g/mol. The molecule has 0 amide bonds. The van der Waals surface area contributed by atoms with Gasteiger partial charge in [0.05, 0.1) is 37.0 Å². The number of likely N-dealkylation sites (tertiary alicyclic amines) is 1. The highest BCUT2D eigenvalue weighted by Gasteiger charge is 2.46. The van der Waals surface area contributed by atoms with E-state index in [1.54, 1.807) is 25.1 Å². The van der Waals surface area contributed by atoms with Gasteiger partial charge in [0.25, 0.3) is 0 Å². The number of carbonyl (C=O) groups excluding carboxylic acids is 3. The SMILES string of the molecule is COC(=O)C1=C(C)NC(C(C=O)N2CCN(C3C4CCCC3CN(Cc3ccccc3)C4)CC2)=C(C(=O)OC)C1c1c(Cl)cccc1Cl.